The molecule has 2 rings (SSSR count). The monoisotopic (exact) mass is 269 g/mol. The molecule has 1 unspecified atom stereocenters. The van der Waals surface area contributed by atoms with E-state index in [-0.39, 0.29) is 23.9 Å². The fourth-order valence-corrected chi connectivity index (χ4v) is 2.60. The van der Waals surface area contributed by atoms with Gasteiger partial charge >= 0.3 is 0 Å². The van der Waals surface area contributed by atoms with E-state index < -0.39 is 0 Å². The van der Waals surface area contributed by atoms with Crippen LogP contribution in [0.2, 0.25) is 0 Å². The van der Waals surface area contributed by atoms with Crippen LogP contribution in [0.5, 0.6) is 0 Å². The van der Waals surface area contributed by atoms with Crippen LogP contribution in [0.15, 0.2) is 0 Å². The molecule has 0 saturated carbocycles. The van der Waals surface area contributed by atoms with Gasteiger partial charge in [0.2, 0.25) is 11.8 Å². The number of piperidine rings is 1. The standard InChI is InChI=1S/C13H23N3O3/c1-10(17)16-5-2-11(3-6-16)15-13(18)8-12-9-19-7-4-14-12/h11-12,14H,2-9H2,1H3,(H,15,18). The summed E-state index contributed by atoms with van der Waals surface area (Å²) in [5.74, 6) is 0.192. The van der Waals surface area contributed by atoms with Crippen molar-refractivity contribution in [1.82, 2.24) is 15.5 Å². The van der Waals surface area contributed by atoms with Crippen molar-refractivity contribution in [1.29, 1.82) is 0 Å². The van der Waals surface area contributed by atoms with E-state index in [1.807, 2.05) is 4.90 Å². The topological polar surface area (TPSA) is 70.7 Å². The Balaban J connectivity index is 1.67. The molecule has 0 aromatic heterocycles. The lowest BCUT2D eigenvalue weighted by Crippen LogP contribution is -2.48. The molecule has 0 radical (unpaired) electrons. The zero-order valence-corrected chi connectivity index (χ0v) is 11.5. The van der Waals surface area contributed by atoms with Gasteiger partial charge in [-0.15, -0.1) is 0 Å². The van der Waals surface area contributed by atoms with Crippen LogP contribution in [0.4, 0.5) is 0 Å². The van der Waals surface area contributed by atoms with Gasteiger partial charge in [0.25, 0.3) is 0 Å². The zero-order valence-electron chi connectivity index (χ0n) is 11.5. The summed E-state index contributed by atoms with van der Waals surface area (Å²) in [5.41, 5.74) is 0. The van der Waals surface area contributed by atoms with Crippen LogP contribution in [0.3, 0.4) is 0 Å². The summed E-state index contributed by atoms with van der Waals surface area (Å²) in [5, 5.41) is 6.32. The van der Waals surface area contributed by atoms with Crippen LogP contribution in [0, 0.1) is 0 Å². The number of morpholine rings is 1. The number of carbonyl (C=O) groups excluding carboxylic acids is 2. The molecule has 6 heteroatoms. The lowest BCUT2D eigenvalue weighted by molar-refractivity contribution is -0.130. The van der Waals surface area contributed by atoms with Crippen molar-refractivity contribution in [3.63, 3.8) is 0 Å². The largest absolute Gasteiger partial charge is 0.378 e. The molecule has 1 atom stereocenters. The number of nitrogens with one attached hydrogen (secondary N) is 2. The second kappa shape index (κ2) is 6.86. The molecule has 2 heterocycles. The van der Waals surface area contributed by atoms with Gasteiger partial charge in [0.1, 0.15) is 0 Å². The minimum atomic E-state index is 0.0734. The highest BCUT2D eigenvalue weighted by Gasteiger charge is 2.23. The number of hydrogen-bond donors (Lipinski definition) is 2. The lowest BCUT2D eigenvalue weighted by Gasteiger charge is -2.32. The van der Waals surface area contributed by atoms with E-state index in [1.54, 1.807) is 6.92 Å². The van der Waals surface area contributed by atoms with Gasteiger partial charge in [-0.05, 0) is 12.8 Å². The number of hydrogen-bond acceptors (Lipinski definition) is 4. The van der Waals surface area contributed by atoms with Gasteiger partial charge in [-0.3, -0.25) is 9.59 Å². The first-order valence-electron chi connectivity index (χ1n) is 7.01. The highest BCUT2D eigenvalue weighted by atomic mass is 16.5. The lowest BCUT2D eigenvalue weighted by atomic mass is 10.0. The molecule has 0 aromatic rings. The first-order chi connectivity index (χ1) is 9.15. The van der Waals surface area contributed by atoms with Gasteiger partial charge in [-0.25, -0.2) is 0 Å². The fraction of sp³-hybridized carbons (Fsp3) is 0.846. The fourth-order valence-electron chi connectivity index (χ4n) is 2.60. The number of carbonyl (C=O) groups is 2. The van der Waals surface area contributed by atoms with Crippen molar-refractivity contribution in [2.75, 3.05) is 32.8 Å². The number of ether oxygens (including phenoxy) is 1. The van der Waals surface area contributed by atoms with Crippen LogP contribution in [0.1, 0.15) is 26.2 Å². The first kappa shape index (κ1) is 14.3. The molecule has 0 spiro atoms. The Morgan fingerprint density at radius 3 is 2.68 bits per heavy atom. The summed E-state index contributed by atoms with van der Waals surface area (Å²) >= 11 is 0. The van der Waals surface area contributed by atoms with E-state index in [9.17, 15) is 9.59 Å². The van der Waals surface area contributed by atoms with Crippen LogP contribution < -0.4 is 10.6 Å². The highest BCUT2D eigenvalue weighted by molar-refractivity contribution is 5.77. The molecule has 0 aliphatic carbocycles. The molecular weight excluding hydrogens is 246 g/mol. The molecule has 2 aliphatic rings. The van der Waals surface area contributed by atoms with Crippen molar-refractivity contribution in [3.05, 3.63) is 0 Å². The first-order valence-corrected chi connectivity index (χ1v) is 7.01. The van der Waals surface area contributed by atoms with Gasteiger partial charge in [0, 0.05) is 45.1 Å². The van der Waals surface area contributed by atoms with E-state index in [0.717, 1.165) is 39.1 Å². The Morgan fingerprint density at radius 2 is 2.11 bits per heavy atom. The summed E-state index contributed by atoms with van der Waals surface area (Å²) in [7, 11) is 0. The third-order valence-corrected chi connectivity index (χ3v) is 3.74. The van der Waals surface area contributed by atoms with Gasteiger partial charge in [0.05, 0.1) is 13.2 Å². The van der Waals surface area contributed by atoms with E-state index >= 15 is 0 Å². The normalized spacial score (nSPS) is 25.1. The second-order valence-electron chi connectivity index (χ2n) is 5.28. The third kappa shape index (κ3) is 4.47. The molecule has 2 aliphatic heterocycles. The van der Waals surface area contributed by atoms with Crippen LogP contribution in [-0.4, -0.2) is 61.6 Å². The van der Waals surface area contributed by atoms with Gasteiger partial charge in [-0.2, -0.15) is 0 Å². The molecule has 0 aromatic carbocycles. The van der Waals surface area contributed by atoms with Gasteiger partial charge in [-0.1, -0.05) is 0 Å². The van der Waals surface area contributed by atoms with Crippen LogP contribution in [0.25, 0.3) is 0 Å². The molecule has 6 nitrogen and oxygen atoms in total. The summed E-state index contributed by atoms with van der Waals surface area (Å²) in [4.78, 5) is 24.9. The summed E-state index contributed by atoms with van der Waals surface area (Å²) in [6, 6.07) is 0.332. The van der Waals surface area contributed by atoms with Crippen molar-refractivity contribution >= 4 is 11.8 Å². The van der Waals surface area contributed by atoms with Gasteiger partial charge in [0.15, 0.2) is 0 Å². The summed E-state index contributed by atoms with van der Waals surface area (Å²) in [6.07, 6.45) is 2.16. The number of likely N-dealkylation sites (tertiary alicyclic amines) is 1. The van der Waals surface area contributed by atoms with Crippen LogP contribution >= 0.6 is 0 Å². The van der Waals surface area contributed by atoms with Crippen molar-refractivity contribution < 1.29 is 14.3 Å². The average molecular weight is 269 g/mol. The smallest absolute Gasteiger partial charge is 0.221 e. The molecule has 19 heavy (non-hydrogen) atoms. The Labute approximate surface area is 113 Å². The quantitative estimate of drug-likeness (QED) is 0.724. The Hall–Kier alpha value is -1.14. The number of nitrogens with zero attached hydrogens (tertiary/aromatic N) is 1. The maximum absolute atomic E-state index is 11.9. The second-order valence-corrected chi connectivity index (χ2v) is 5.28. The Morgan fingerprint density at radius 1 is 1.37 bits per heavy atom. The average Bonchev–Trinajstić information content (AvgIpc) is 2.40. The minimum Gasteiger partial charge on any atom is -0.378 e. The van der Waals surface area contributed by atoms with Crippen molar-refractivity contribution in [2.24, 2.45) is 0 Å². The van der Waals surface area contributed by atoms with Crippen LogP contribution in [-0.2, 0) is 14.3 Å². The summed E-state index contributed by atoms with van der Waals surface area (Å²) < 4.78 is 5.33. The van der Waals surface area contributed by atoms with E-state index in [2.05, 4.69) is 10.6 Å². The zero-order chi connectivity index (χ0) is 13.7. The van der Waals surface area contributed by atoms with E-state index in [4.69, 9.17) is 4.74 Å². The molecule has 2 saturated heterocycles. The van der Waals surface area contributed by atoms with Gasteiger partial charge < -0.3 is 20.3 Å². The predicted molar refractivity (Wildman–Crippen MR) is 70.6 cm³/mol. The van der Waals surface area contributed by atoms with Crippen molar-refractivity contribution in [2.45, 2.75) is 38.3 Å². The Kier molecular flexibility index (Phi) is 5.15. The van der Waals surface area contributed by atoms with E-state index in [0.29, 0.717) is 13.0 Å². The third-order valence-electron chi connectivity index (χ3n) is 3.74. The predicted octanol–water partition coefficient (Wildman–Crippen LogP) is -0.508. The number of rotatable bonds is 3. The minimum absolute atomic E-state index is 0.0734. The molecule has 2 amide bonds. The summed E-state index contributed by atoms with van der Waals surface area (Å²) in [6.45, 7) is 5.22. The maximum Gasteiger partial charge on any atom is 0.221 e. The molecule has 108 valence electrons. The molecule has 0 bridgehead atoms. The van der Waals surface area contributed by atoms with E-state index in [1.165, 1.54) is 0 Å². The van der Waals surface area contributed by atoms with Crippen molar-refractivity contribution in [3.8, 4) is 0 Å². The molecule has 2 fully saturated rings. The molecule has 2 N–H and O–H groups in total. The maximum atomic E-state index is 11.9. The SMILES string of the molecule is CC(=O)N1CCC(NC(=O)CC2COCCN2)CC1. The Bertz CT molecular complexity index is 321. The number of amides is 2. The highest BCUT2D eigenvalue weighted by Crippen LogP contribution is 2.11. The molecular formula is C13H23N3O3.